The lowest BCUT2D eigenvalue weighted by atomic mass is 9.86. The Balaban J connectivity index is 1.79. The number of hydroxylamine groups is 1. The number of aryl methyl sites for hydroxylation is 1. The second-order valence-corrected chi connectivity index (χ2v) is 10.8. The predicted octanol–water partition coefficient (Wildman–Crippen LogP) is 3.88. The molecule has 0 radical (unpaired) electrons. The van der Waals surface area contributed by atoms with Gasteiger partial charge in [0.2, 0.25) is 0 Å². The summed E-state index contributed by atoms with van der Waals surface area (Å²) in [4.78, 5) is 20.2. The van der Waals surface area contributed by atoms with Gasteiger partial charge in [0.25, 0.3) is 5.91 Å². The largest absolute Gasteiger partial charge is 0.453 e. The molecule has 0 unspecified atom stereocenters. The number of ether oxygens (including phenoxy) is 1. The van der Waals surface area contributed by atoms with Crippen LogP contribution in [0.25, 0.3) is 11.3 Å². The number of sulfone groups is 1. The number of nitrogens with one attached hydrogen (secondary N) is 1. The van der Waals surface area contributed by atoms with Crippen LogP contribution in [0.3, 0.4) is 0 Å². The van der Waals surface area contributed by atoms with Gasteiger partial charge in [-0.1, -0.05) is 12.1 Å². The van der Waals surface area contributed by atoms with Gasteiger partial charge in [-0.25, -0.2) is 13.9 Å². The maximum Gasteiger partial charge on any atom is 0.453 e. The molecule has 1 heterocycles. The standard InChI is InChI=1S/C22H24F5N3O5S/c1-35-16-7-9-20(10-8-16,19(31)30-32)36(33,34)17-4-2-14(3-5-17)18-13-28-15(12-29-18)6-11-21(23,24)22(25,26)27/h2-5,12-13,16,32H,6-11H2,1H3,(H,30,31). The van der Waals surface area contributed by atoms with Gasteiger partial charge in [0, 0.05) is 25.3 Å². The van der Waals surface area contributed by atoms with E-state index in [1.54, 1.807) is 0 Å². The Hall–Kier alpha value is -2.71. The number of carbonyl (C=O) groups is 1. The number of aromatic nitrogens is 2. The minimum absolute atomic E-state index is 0.0533. The lowest BCUT2D eigenvalue weighted by Gasteiger charge is -2.37. The lowest BCUT2D eigenvalue weighted by Crippen LogP contribution is -2.54. The van der Waals surface area contributed by atoms with E-state index in [4.69, 9.17) is 4.74 Å². The summed E-state index contributed by atoms with van der Waals surface area (Å²) in [7, 11) is -2.74. The highest BCUT2D eigenvalue weighted by atomic mass is 32.2. The molecule has 36 heavy (non-hydrogen) atoms. The summed E-state index contributed by atoms with van der Waals surface area (Å²) in [5.41, 5.74) is 2.03. The number of hydrogen-bond donors (Lipinski definition) is 2. The van der Waals surface area contributed by atoms with E-state index in [1.807, 2.05) is 0 Å². The normalized spacial score (nSPS) is 21.2. The SMILES string of the molecule is COC1CCC(C(=O)NO)(S(=O)(=O)c2ccc(-c3cnc(CCC(F)(F)C(F)(F)F)cn3)cc2)CC1. The first-order valence-corrected chi connectivity index (χ1v) is 12.3. The molecule has 1 aromatic carbocycles. The van der Waals surface area contributed by atoms with Crippen LogP contribution in [0.2, 0.25) is 0 Å². The number of hydrogen-bond acceptors (Lipinski definition) is 7. The van der Waals surface area contributed by atoms with Crippen LogP contribution in [0.1, 0.15) is 37.8 Å². The van der Waals surface area contributed by atoms with E-state index in [1.165, 1.54) is 43.1 Å². The molecular formula is C22H24F5N3O5S. The van der Waals surface area contributed by atoms with Crippen LogP contribution in [0.4, 0.5) is 22.0 Å². The smallest absolute Gasteiger partial charge is 0.381 e. The molecule has 8 nitrogen and oxygen atoms in total. The van der Waals surface area contributed by atoms with Gasteiger partial charge in [-0.3, -0.25) is 20.0 Å². The van der Waals surface area contributed by atoms with Gasteiger partial charge < -0.3 is 4.74 Å². The summed E-state index contributed by atoms with van der Waals surface area (Å²) < 4.78 is 93.4. The van der Waals surface area contributed by atoms with Crippen LogP contribution in [0.15, 0.2) is 41.6 Å². The Morgan fingerprint density at radius 1 is 1.11 bits per heavy atom. The summed E-state index contributed by atoms with van der Waals surface area (Å²) in [6, 6.07) is 5.33. The van der Waals surface area contributed by atoms with E-state index in [-0.39, 0.29) is 35.2 Å². The highest BCUT2D eigenvalue weighted by molar-refractivity contribution is 7.93. The monoisotopic (exact) mass is 537 g/mol. The maximum absolute atomic E-state index is 13.4. The van der Waals surface area contributed by atoms with Crippen LogP contribution >= 0.6 is 0 Å². The molecule has 0 saturated heterocycles. The highest BCUT2D eigenvalue weighted by Crippen LogP contribution is 2.41. The van der Waals surface area contributed by atoms with E-state index in [0.717, 1.165) is 6.20 Å². The molecule has 1 aliphatic carbocycles. The molecule has 1 fully saturated rings. The van der Waals surface area contributed by atoms with E-state index in [2.05, 4.69) is 9.97 Å². The molecule has 0 aliphatic heterocycles. The first kappa shape index (κ1) is 27.9. The minimum Gasteiger partial charge on any atom is -0.381 e. The summed E-state index contributed by atoms with van der Waals surface area (Å²) in [6.07, 6.45) is -5.22. The second kappa shape index (κ2) is 10.3. The van der Waals surface area contributed by atoms with Gasteiger partial charge in [0.1, 0.15) is 0 Å². The maximum atomic E-state index is 13.4. The Kier molecular flexibility index (Phi) is 8.01. The quantitative estimate of drug-likeness (QED) is 0.298. The fourth-order valence-corrected chi connectivity index (χ4v) is 6.11. The summed E-state index contributed by atoms with van der Waals surface area (Å²) in [6.45, 7) is 0. The van der Waals surface area contributed by atoms with Crippen LogP contribution in [0, 0.1) is 0 Å². The Bertz CT molecular complexity index is 1160. The van der Waals surface area contributed by atoms with Crippen molar-refractivity contribution in [1.82, 2.24) is 15.4 Å². The third-order valence-electron chi connectivity index (χ3n) is 6.38. The average Bonchev–Trinajstić information content (AvgIpc) is 2.86. The summed E-state index contributed by atoms with van der Waals surface area (Å²) >= 11 is 0. The molecule has 14 heteroatoms. The van der Waals surface area contributed by atoms with Crippen molar-refractivity contribution in [2.24, 2.45) is 0 Å². The highest BCUT2D eigenvalue weighted by Gasteiger charge is 2.56. The first-order valence-electron chi connectivity index (χ1n) is 10.9. The van der Waals surface area contributed by atoms with Crippen LogP contribution in [0.5, 0.6) is 0 Å². The zero-order valence-corrected chi connectivity index (χ0v) is 19.9. The third-order valence-corrected chi connectivity index (χ3v) is 8.89. The first-order chi connectivity index (χ1) is 16.8. The predicted molar refractivity (Wildman–Crippen MR) is 116 cm³/mol. The number of alkyl halides is 5. The molecule has 1 aromatic heterocycles. The molecule has 0 spiro atoms. The number of carbonyl (C=O) groups excluding carboxylic acids is 1. The van der Waals surface area contributed by atoms with Crippen LogP contribution in [-0.2, 0) is 25.8 Å². The van der Waals surface area contributed by atoms with E-state index in [0.29, 0.717) is 18.4 Å². The van der Waals surface area contributed by atoms with Crippen LogP contribution < -0.4 is 5.48 Å². The van der Waals surface area contributed by atoms with Gasteiger partial charge in [0.05, 0.1) is 28.6 Å². The van der Waals surface area contributed by atoms with Crippen molar-refractivity contribution in [3.63, 3.8) is 0 Å². The number of nitrogens with zero attached hydrogens (tertiary/aromatic N) is 2. The van der Waals surface area contributed by atoms with Crippen molar-refractivity contribution in [1.29, 1.82) is 0 Å². The Labute approximate surface area is 203 Å². The molecular weight excluding hydrogens is 513 g/mol. The van der Waals surface area contributed by atoms with Crippen molar-refractivity contribution in [3.05, 3.63) is 42.4 Å². The Morgan fingerprint density at radius 3 is 2.19 bits per heavy atom. The third kappa shape index (κ3) is 5.34. The minimum atomic E-state index is -5.65. The van der Waals surface area contributed by atoms with Gasteiger partial charge >= 0.3 is 12.1 Å². The number of rotatable bonds is 8. The molecule has 1 saturated carbocycles. The number of benzene rings is 1. The molecule has 0 atom stereocenters. The summed E-state index contributed by atoms with van der Waals surface area (Å²) in [5.74, 6) is -5.87. The zero-order valence-electron chi connectivity index (χ0n) is 19.1. The molecule has 1 aliphatic rings. The Morgan fingerprint density at radius 2 is 1.72 bits per heavy atom. The number of halogens is 5. The molecule has 0 bridgehead atoms. The fourth-order valence-electron chi connectivity index (χ4n) is 4.10. The van der Waals surface area contributed by atoms with Crippen molar-refractivity contribution >= 4 is 15.7 Å². The van der Waals surface area contributed by atoms with Crippen molar-refractivity contribution in [2.75, 3.05) is 7.11 Å². The van der Waals surface area contributed by atoms with Gasteiger partial charge in [-0.05, 0) is 44.2 Å². The molecule has 3 rings (SSSR count). The topological polar surface area (TPSA) is 118 Å². The number of methoxy groups -OCH3 is 1. The summed E-state index contributed by atoms with van der Waals surface area (Å²) in [5, 5.41) is 9.22. The lowest BCUT2D eigenvalue weighted by molar-refractivity contribution is -0.284. The van der Waals surface area contributed by atoms with Crippen LogP contribution in [-0.4, -0.2) is 59.6 Å². The van der Waals surface area contributed by atoms with Crippen molar-refractivity contribution in [3.8, 4) is 11.3 Å². The molecule has 2 N–H and O–H groups in total. The van der Waals surface area contributed by atoms with E-state index >= 15 is 0 Å². The van der Waals surface area contributed by atoms with Gasteiger partial charge in [-0.2, -0.15) is 22.0 Å². The van der Waals surface area contributed by atoms with E-state index < -0.39 is 45.4 Å². The van der Waals surface area contributed by atoms with Gasteiger partial charge in [-0.15, -0.1) is 0 Å². The second-order valence-electron chi connectivity index (χ2n) is 8.49. The average molecular weight is 538 g/mol. The fraction of sp³-hybridized carbons (Fsp3) is 0.500. The molecule has 2 aromatic rings. The van der Waals surface area contributed by atoms with Crippen molar-refractivity contribution in [2.45, 2.75) is 66.4 Å². The van der Waals surface area contributed by atoms with Crippen molar-refractivity contribution < 1.29 is 45.1 Å². The zero-order chi connectivity index (χ0) is 26.8. The number of amides is 1. The molecule has 198 valence electrons. The molecule has 1 amide bonds. The van der Waals surface area contributed by atoms with Gasteiger partial charge in [0.15, 0.2) is 14.6 Å². The van der Waals surface area contributed by atoms with E-state index in [9.17, 15) is 40.4 Å².